The maximum atomic E-state index is 13.5. The molecular formula is C27H38N2O6S. The molecule has 2 atom stereocenters. The lowest BCUT2D eigenvalue weighted by atomic mass is 9.79. The Balaban J connectivity index is 2.38. The summed E-state index contributed by atoms with van der Waals surface area (Å²) in [7, 11) is -3.93. The van der Waals surface area contributed by atoms with Crippen molar-refractivity contribution in [3.63, 3.8) is 0 Å². The van der Waals surface area contributed by atoms with Gasteiger partial charge in [-0.1, -0.05) is 58.0 Å². The van der Waals surface area contributed by atoms with Gasteiger partial charge in [0.25, 0.3) is 10.0 Å². The number of phenols is 1. The smallest absolute Gasteiger partial charge is 0.309 e. The van der Waals surface area contributed by atoms with E-state index in [0.29, 0.717) is 12.0 Å². The van der Waals surface area contributed by atoms with E-state index in [9.17, 15) is 28.2 Å². The molecule has 3 N–H and O–H groups in total. The highest BCUT2D eigenvalue weighted by atomic mass is 32.2. The molecule has 0 fully saturated rings. The number of phenolic OH excluding ortho intramolecular Hbond substituents is 1. The number of carboxylic acid groups (broad SMARTS) is 1. The lowest BCUT2D eigenvalue weighted by Crippen LogP contribution is -2.45. The van der Waals surface area contributed by atoms with Crippen LogP contribution in [0.15, 0.2) is 53.4 Å². The molecule has 0 heterocycles. The Hall–Kier alpha value is -3.07. The van der Waals surface area contributed by atoms with Crippen molar-refractivity contribution in [1.29, 1.82) is 0 Å². The van der Waals surface area contributed by atoms with E-state index in [2.05, 4.69) is 5.32 Å². The van der Waals surface area contributed by atoms with Crippen LogP contribution in [0, 0.1) is 17.3 Å². The van der Waals surface area contributed by atoms with Crippen molar-refractivity contribution in [1.82, 2.24) is 5.32 Å². The molecule has 0 spiro atoms. The molecular weight excluding hydrogens is 480 g/mol. The maximum absolute atomic E-state index is 13.5. The predicted molar refractivity (Wildman–Crippen MR) is 140 cm³/mol. The number of hydrogen-bond donors (Lipinski definition) is 3. The first kappa shape index (κ1) is 29.2. The Morgan fingerprint density at radius 3 is 2.17 bits per heavy atom. The van der Waals surface area contributed by atoms with Gasteiger partial charge in [0.1, 0.15) is 5.75 Å². The molecule has 0 aliphatic rings. The Kier molecular flexibility index (Phi) is 9.54. The first-order valence-corrected chi connectivity index (χ1v) is 13.6. The number of sulfonamides is 1. The van der Waals surface area contributed by atoms with E-state index < -0.39 is 33.2 Å². The van der Waals surface area contributed by atoms with Crippen molar-refractivity contribution in [2.75, 3.05) is 10.8 Å². The molecule has 0 bridgehead atoms. The van der Waals surface area contributed by atoms with Crippen LogP contribution in [0.3, 0.4) is 0 Å². The van der Waals surface area contributed by atoms with E-state index in [1.54, 1.807) is 43.3 Å². The number of nitrogens with one attached hydrogen (secondary N) is 1. The Labute approximate surface area is 214 Å². The molecule has 9 heteroatoms. The minimum atomic E-state index is -3.93. The zero-order valence-electron chi connectivity index (χ0n) is 21.9. The van der Waals surface area contributed by atoms with E-state index in [4.69, 9.17) is 0 Å². The highest BCUT2D eigenvalue weighted by molar-refractivity contribution is 7.92. The largest absolute Gasteiger partial charge is 0.505 e. The number of carboxylic acids is 1. The van der Waals surface area contributed by atoms with Crippen LogP contribution in [0.2, 0.25) is 0 Å². The van der Waals surface area contributed by atoms with Crippen LogP contribution < -0.4 is 9.62 Å². The molecule has 0 aliphatic carbocycles. The van der Waals surface area contributed by atoms with Crippen molar-refractivity contribution in [2.45, 2.75) is 65.3 Å². The van der Waals surface area contributed by atoms with Crippen LogP contribution in [-0.4, -0.2) is 43.1 Å². The molecule has 2 aromatic rings. The molecule has 198 valence electrons. The molecule has 0 aromatic heterocycles. The predicted octanol–water partition coefficient (Wildman–Crippen LogP) is 4.43. The number of carbonyl (C=O) groups is 2. The fourth-order valence-electron chi connectivity index (χ4n) is 3.72. The highest BCUT2D eigenvalue weighted by Crippen LogP contribution is 2.36. The minimum Gasteiger partial charge on any atom is -0.505 e. The topological polar surface area (TPSA) is 124 Å². The second-order valence-electron chi connectivity index (χ2n) is 10.1. The molecule has 0 radical (unpaired) electrons. The average molecular weight is 519 g/mol. The summed E-state index contributed by atoms with van der Waals surface area (Å²) in [6.07, 6.45) is 0.788. The second-order valence-corrected chi connectivity index (χ2v) is 12.0. The van der Waals surface area contributed by atoms with Gasteiger partial charge in [0.05, 0.1) is 21.9 Å². The molecule has 1 amide bonds. The summed E-state index contributed by atoms with van der Waals surface area (Å²) < 4.78 is 28.2. The molecule has 36 heavy (non-hydrogen) atoms. The fourth-order valence-corrected chi connectivity index (χ4v) is 5.38. The lowest BCUT2D eigenvalue weighted by molar-refractivity contribution is -0.153. The van der Waals surface area contributed by atoms with Crippen LogP contribution in [0.25, 0.3) is 0 Å². The van der Waals surface area contributed by atoms with E-state index in [1.807, 2.05) is 20.8 Å². The van der Waals surface area contributed by atoms with Crippen LogP contribution in [0.5, 0.6) is 5.75 Å². The van der Waals surface area contributed by atoms with E-state index in [1.165, 1.54) is 30.3 Å². The Bertz CT molecular complexity index is 1160. The quantitative estimate of drug-likeness (QED) is 0.382. The summed E-state index contributed by atoms with van der Waals surface area (Å²) in [6, 6.07) is 12.6. The number of carbonyl (C=O) groups excluding carboxylic acids is 1. The molecule has 2 unspecified atom stereocenters. The number of hydrogen-bond acceptors (Lipinski definition) is 5. The van der Waals surface area contributed by atoms with Gasteiger partial charge in [-0.05, 0) is 56.4 Å². The van der Waals surface area contributed by atoms with Gasteiger partial charge < -0.3 is 15.5 Å². The van der Waals surface area contributed by atoms with Gasteiger partial charge in [-0.2, -0.15) is 0 Å². The third-order valence-electron chi connectivity index (χ3n) is 6.56. The first-order valence-electron chi connectivity index (χ1n) is 12.2. The third kappa shape index (κ3) is 6.57. The van der Waals surface area contributed by atoms with Gasteiger partial charge in [-0.25, -0.2) is 8.42 Å². The van der Waals surface area contributed by atoms with Crippen molar-refractivity contribution < 1.29 is 28.2 Å². The van der Waals surface area contributed by atoms with Gasteiger partial charge in [0.15, 0.2) is 0 Å². The van der Waals surface area contributed by atoms with Gasteiger partial charge in [-0.15, -0.1) is 0 Å². The van der Waals surface area contributed by atoms with Crippen LogP contribution >= 0.6 is 0 Å². The lowest BCUT2D eigenvalue weighted by Gasteiger charge is -2.29. The summed E-state index contributed by atoms with van der Waals surface area (Å²) in [4.78, 5) is 24.5. The van der Waals surface area contributed by atoms with Crippen LogP contribution in [0.1, 0.15) is 53.5 Å². The maximum Gasteiger partial charge on any atom is 0.309 e. The summed E-state index contributed by atoms with van der Waals surface area (Å²) in [5, 5.41) is 23.5. The number of para-hydroxylation sites is 1. The first-order chi connectivity index (χ1) is 16.7. The SMILES string of the molecule is CCC(Cc1cccc(N(CC(C)C)S(=O)(=O)c2ccccc2)c1O)NC(=O)C(C)C(C)(C)C(=O)O. The number of aromatic hydroxyl groups is 1. The summed E-state index contributed by atoms with van der Waals surface area (Å²) in [5.74, 6) is -2.40. The van der Waals surface area contributed by atoms with Crippen molar-refractivity contribution in [3.8, 4) is 5.75 Å². The second kappa shape index (κ2) is 11.8. The van der Waals surface area contributed by atoms with Gasteiger partial charge in [0, 0.05) is 12.6 Å². The minimum absolute atomic E-state index is 0.00620. The zero-order chi connectivity index (χ0) is 27.3. The van der Waals surface area contributed by atoms with Crippen LogP contribution in [0.4, 0.5) is 5.69 Å². The van der Waals surface area contributed by atoms with Crippen molar-refractivity contribution in [2.24, 2.45) is 17.3 Å². The molecule has 2 aromatic carbocycles. The van der Waals surface area contributed by atoms with Gasteiger partial charge in [-0.3, -0.25) is 13.9 Å². The van der Waals surface area contributed by atoms with E-state index >= 15 is 0 Å². The Morgan fingerprint density at radius 2 is 1.64 bits per heavy atom. The summed E-state index contributed by atoms with van der Waals surface area (Å²) >= 11 is 0. The summed E-state index contributed by atoms with van der Waals surface area (Å²) in [6.45, 7) is 10.4. The third-order valence-corrected chi connectivity index (χ3v) is 8.36. The van der Waals surface area contributed by atoms with E-state index in [0.717, 1.165) is 0 Å². The number of rotatable bonds is 12. The van der Waals surface area contributed by atoms with Crippen molar-refractivity contribution in [3.05, 3.63) is 54.1 Å². The van der Waals surface area contributed by atoms with Gasteiger partial charge in [0.2, 0.25) is 5.91 Å². The zero-order valence-corrected chi connectivity index (χ0v) is 22.7. The molecule has 0 saturated heterocycles. The number of benzene rings is 2. The number of amides is 1. The number of aliphatic carboxylic acids is 1. The average Bonchev–Trinajstić information content (AvgIpc) is 2.83. The van der Waals surface area contributed by atoms with Gasteiger partial charge >= 0.3 is 5.97 Å². The molecule has 0 saturated carbocycles. The monoisotopic (exact) mass is 518 g/mol. The fraction of sp³-hybridized carbons (Fsp3) is 0.481. The normalized spacial score (nSPS) is 13.8. The molecule has 0 aliphatic heterocycles. The molecule has 2 rings (SSSR count). The standard InChI is InChI=1S/C27H38N2O6S/c1-7-21(28-25(31)19(4)27(5,6)26(32)33)16-20-12-11-15-23(24(20)30)29(17-18(2)3)36(34,35)22-13-9-8-10-14-22/h8-15,18-19,21,30H,7,16-17H2,1-6H3,(H,28,31)(H,32,33). The van der Waals surface area contributed by atoms with Crippen molar-refractivity contribution >= 4 is 27.6 Å². The van der Waals surface area contributed by atoms with Crippen LogP contribution in [-0.2, 0) is 26.0 Å². The number of anilines is 1. The number of nitrogens with zero attached hydrogens (tertiary/aromatic N) is 1. The highest BCUT2D eigenvalue weighted by Gasteiger charge is 2.38. The Morgan fingerprint density at radius 1 is 1.03 bits per heavy atom. The molecule has 8 nitrogen and oxygen atoms in total. The van der Waals surface area contributed by atoms with E-state index in [-0.39, 0.29) is 41.3 Å². The summed E-state index contributed by atoms with van der Waals surface area (Å²) in [5.41, 5.74) is -0.582.